The van der Waals surface area contributed by atoms with Crippen LogP contribution in [-0.2, 0) is 11.3 Å². The minimum absolute atomic E-state index is 0.0201. The van der Waals surface area contributed by atoms with Gasteiger partial charge in [-0.3, -0.25) is 9.59 Å². The molecule has 1 aliphatic heterocycles. The van der Waals surface area contributed by atoms with Gasteiger partial charge in [0.1, 0.15) is 11.5 Å². The van der Waals surface area contributed by atoms with Crippen molar-refractivity contribution in [1.82, 2.24) is 19.7 Å². The molecule has 4 heterocycles. The normalized spacial score (nSPS) is 16.3. The van der Waals surface area contributed by atoms with Crippen molar-refractivity contribution in [3.63, 3.8) is 0 Å². The summed E-state index contributed by atoms with van der Waals surface area (Å²) in [6.07, 6.45) is 3.99. The maximum absolute atomic E-state index is 12.9. The van der Waals surface area contributed by atoms with Crippen LogP contribution in [0.2, 0.25) is 0 Å². The number of aromatic nitrogens is 4. The first-order valence-corrected chi connectivity index (χ1v) is 10.5. The zero-order chi connectivity index (χ0) is 24.9. The number of rotatable bonds is 6. The number of nitrogens with zero attached hydrogens (tertiary/aromatic N) is 5. The Morgan fingerprint density at radius 2 is 2.12 bits per heavy atom. The van der Waals surface area contributed by atoms with Gasteiger partial charge in [0, 0.05) is 42.0 Å². The number of pyridine rings is 2. The molecular formula is C23H25N7O2. The summed E-state index contributed by atoms with van der Waals surface area (Å²) < 4.78 is 24.4. The van der Waals surface area contributed by atoms with Gasteiger partial charge >= 0.3 is 0 Å². The van der Waals surface area contributed by atoms with E-state index >= 15 is 0 Å². The highest BCUT2D eigenvalue weighted by molar-refractivity contribution is 6.03. The van der Waals surface area contributed by atoms with E-state index < -0.39 is 19.1 Å². The van der Waals surface area contributed by atoms with E-state index in [1.54, 1.807) is 12.3 Å². The van der Waals surface area contributed by atoms with Gasteiger partial charge in [-0.25, -0.2) is 14.6 Å². The van der Waals surface area contributed by atoms with Crippen LogP contribution in [-0.4, -0.2) is 38.5 Å². The zero-order valence-corrected chi connectivity index (χ0v) is 17.8. The van der Waals surface area contributed by atoms with Crippen molar-refractivity contribution in [2.45, 2.75) is 39.6 Å². The highest BCUT2D eigenvalue weighted by atomic mass is 16.2. The third-order valence-corrected chi connectivity index (χ3v) is 5.63. The Labute approximate surface area is 190 Å². The molecule has 3 aromatic rings. The lowest BCUT2D eigenvalue weighted by Gasteiger charge is -2.30. The molecule has 0 aromatic carbocycles. The molecule has 164 valence electrons. The molecule has 3 aromatic heterocycles. The van der Waals surface area contributed by atoms with E-state index in [1.807, 2.05) is 35.7 Å². The molecule has 9 heteroatoms. The molecule has 1 fully saturated rings. The molecule has 9 nitrogen and oxygen atoms in total. The van der Waals surface area contributed by atoms with Crippen LogP contribution >= 0.6 is 0 Å². The molecule has 0 saturated heterocycles. The Morgan fingerprint density at radius 1 is 1.28 bits per heavy atom. The number of hydrogen-bond acceptors (Lipinski definition) is 7. The summed E-state index contributed by atoms with van der Waals surface area (Å²) in [6, 6.07) is 5.43. The summed E-state index contributed by atoms with van der Waals surface area (Å²) in [5, 5.41) is 10.6. The first-order valence-electron chi connectivity index (χ1n) is 12.0. The number of carbonyl (C=O) groups excluding carboxylic acids is 2. The molecule has 0 atom stereocenters. The van der Waals surface area contributed by atoms with Crippen LogP contribution in [0.4, 0.5) is 23.0 Å². The second-order valence-corrected chi connectivity index (χ2v) is 8.18. The van der Waals surface area contributed by atoms with Gasteiger partial charge in [0.15, 0.2) is 11.6 Å². The van der Waals surface area contributed by atoms with E-state index in [2.05, 4.69) is 25.7 Å². The number of nitrogens with one attached hydrogen (secondary N) is 2. The molecule has 0 spiro atoms. The van der Waals surface area contributed by atoms with E-state index in [0.717, 1.165) is 35.6 Å². The largest absolute Gasteiger partial charge is 0.364 e. The summed E-state index contributed by atoms with van der Waals surface area (Å²) in [4.78, 5) is 35.9. The molecule has 0 unspecified atom stereocenters. The minimum atomic E-state index is -2.42. The van der Waals surface area contributed by atoms with Gasteiger partial charge in [0.05, 0.1) is 34.9 Å². The maximum Gasteiger partial charge on any atom is 0.228 e. The zero-order valence-electron chi connectivity index (χ0n) is 20.8. The van der Waals surface area contributed by atoms with E-state index in [4.69, 9.17) is 4.11 Å². The van der Waals surface area contributed by atoms with Gasteiger partial charge in [0.25, 0.3) is 0 Å². The van der Waals surface area contributed by atoms with Crippen LogP contribution in [0.15, 0.2) is 30.6 Å². The third-order valence-electron chi connectivity index (χ3n) is 5.63. The molecule has 1 saturated carbocycles. The SMILES string of the molecule is [2H]C([2H])([2H])CC(=O)c1cnc(NC(=O)C2CC2)cc1Nc1nccc2c1N(C)Cc1cc(C)nn1-2. The lowest BCUT2D eigenvalue weighted by atomic mass is 10.1. The molecule has 0 bridgehead atoms. The fourth-order valence-corrected chi connectivity index (χ4v) is 3.92. The molecule has 5 rings (SSSR count). The number of aryl methyl sites for hydroxylation is 1. The highest BCUT2D eigenvalue weighted by Crippen LogP contribution is 2.38. The number of carbonyl (C=O) groups is 2. The Hall–Kier alpha value is -3.75. The van der Waals surface area contributed by atoms with Crippen LogP contribution in [0.5, 0.6) is 0 Å². The van der Waals surface area contributed by atoms with E-state index in [0.29, 0.717) is 18.1 Å². The van der Waals surface area contributed by atoms with Crippen molar-refractivity contribution in [3.05, 3.63) is 47.5 Å². The van der Waals surface area contributed by atoms with Crippen LogP contribution in [0.1, 0.15) is 52.0 Å². The molecular weight excluding hydrogens is 406 g/mol. The summed E-state index contributed by atoms with van der Waals surface area (Å²) in [7, 11) is 1.94. The van der Waals surface area contributed by atoms with Gasteiger partial charge < -0.3 is 15.5 Å². The first kappa shape index (κ1) is 16.9. The van der Waals surface area contributed by atoms with Crippen LogP contribution in [0.25, 0.3) is 5.69 Å². The topological polar surface area (TPSA) is 105 Å². The quantitative estimate of drug-likeness (QED) is 0.571. The fourth-order valence-electron chi connectivity index (χ4n) is 3.92. The van der Waals surface area contributed by atoms with E-state index in [-0.39, 0.29) is 23.2 Å². The maximum atomic E-state index is 12.9. The van der Waals surface area contributed by atoms with Crippen molar-refractivity contribution in [2.24, 2.45) is 5.92 Å². The molecule has 2 aliphatic rings. The summed E-state index contributed by atoms with van der Waals surface area (Å²) in [6.45, 7) is 0.118. The second kappa shape index (κ2) is 7.74. The number of hydrogen-bond donors (Lipinski definition) is 2. The predicted molar refractivity (Wildman–Crippen MR) is 122 cm³/mol. The number of anilines is 4. The molecule has 0 radical (unpaired) electrons. The standard InChI is InChI=1S/C23H25N7O2/c1-4-19(31)16-11-25-20(27-23(32)14-5-6-14)10-17(16)26-22-21-18(7-8-24-22)30-15(12-29(21)3)9-13(2)28-30/h7-11,14H,4-6,12H2,1-3H3,(H2,24,25,26,27,32)/i1D3. The van der Waals surface area contributed by atoms with Gasteiger partial charge in [-0.15, -0.1) is 0 Å². The summed E-state index contributed by atoms with van der Waals surface area (Å²) in [5.74, 6) is 0.0217. The highest BCUT2D eigenvalue weighted by Gasteiger charge is 2.30. The van der Waals surface area contributed by atoms with Crippen LogP contribution in [0, 0.1) is 12.8 Å². The average Bonchev–Trinajstić information content (AvgIpc) is 3.55. The second-order valence-electron chi connectivity index (χ2n) is 8.18. The van der Waals surface area contributed by atoms with Gasteiger partial charge in [-0.05, 0) is 31.9 Å². The monoisotopic (exact) mass is 434 g/mol. The van der Waals surface area contributed by atoms with E-state index in [9.17, 15) is 9.59 Å². The number of amides is 1. The lowest BCUT2D eigenvalue weighted by Crippen LogP contribution is -2.27. The molecule has 1 amide bonds. The smallest absolute Gasteiger partial charge is 0.228 e. The Bertz CT molecular complexity index is 1330. The van der Waals surface area contributed by atoms with Crippen molar-refractivity contribution in [3.8, 4) is 5.69 Å². The average molecular weight is 435 g/mol. The first-order chi connectivity index (χ1) is 16.6. The van der Waals surface area contributed by atoms with Crippen molar-refractivity contribution < 1.29 is 13.7 Å². The molecule has 32 heavy (non-hydrogen) atoms. The van der Waals surface area contributed by atoms with Crippen molar-refractivity contribution >= 4 is 34.7 Å². The Balaban J connectivity index is 1.54. The molecule has 1 aliphatic carbocycles. The van der Waals surface area contributed by atoms with Crippen LogP contribution in [0.3, 0.4) is 0 Å². The van der Waals surface area contributed by atoms with Crippen molar-refractivity contribution in [2.75, 3.05) is 22.6 Å². The van der Waals surface area contributed by atoms with E-state index in [1.165, 1.54) is 6.20 Å². The lowest BCUT2D eigenvalue weighted by molar-refractivity contribution is -0.117. The summed E-state index contributed by atoms with van der Waals surface area (Å²) >= 11 is 0. The van der Waals surface area contributed by atoms with Gasteiger partial charge in [-0.1, -0.05) is 6.85 Å². The van der Waals surface area contributed by atoms with Gasteiger partial charge in [-0.2, -0.15) is 5.10 Å². The fraction of sp³-hybridized carbons (Fsp3) is 0.348. The Kier molecular flexibility index (Phi) is 4.08. The number of Topliss-reactive ketones (excluding diaryl/α,β-unsaturated/α-hetero) is 1. The number of ketones is 1. The third kappa shape index (κ3) is 3.59. The number of fused-ring (bicyclic) bond motifs is 3. The van der Waals surface area contributed by atoms with Crippen molar-refractivity contribution in [1.29, 1.82) is 0 Å². The minimum Gasteiger partial charge on any atom is -0.364 e. The van der Waals surface area contributed by atoms with Gasteiger partial charge in [0.2, 0.25) is 5.91 Å². The predicted octanol–water partition coefficient (Wildman–Crippen LogP) is 3.61. The Morgan fingerprint density at radius 3 is 2.91 bits per heavy atom. The summed E-state index contributed by atoms with van der Waals surface area (Å²) in [5.41, 5.74) is 3.97. The molecule has 2 N–H and O–H groups in total. The van der Waals surface area contributed by atoms with Crippen LogP contribution < -0.4 is 15.5 Å².